The molecular formula is C13H18ClNO3. The lowest BCUT2D eigenvalue weighted by Gasteiger charge is -2.20. The number of para-hydroxylation sites is 2. The number of nitrogens with zero attached hydrogens (tertiary/aromatic N) is 1. The lowest BCUT2D eigenvalue weighted by atomic mass is 10.3. The van der Waals surface area contributed by atoms with Gasteiger partial charge in [-0.1, -0.05) is 12.1 Å². The summed E-state index contributed by atoms with van der Waals surface area (Å²) < 4.78 is 10.8. The molecule has 0 saturated carbocycles. The molecule has 0 aliphatic heterocycles. The Kier molecular flexibility index (Phi) is 6.36. The van der Waals surface area contributed by atoms with Gasteiger partial charge in [0.25, 0.3) is 0 Å². The van der Waals surface area contributed by atoms with E-state index in [2.05, 4.69) is 0 Å². The van der Waals surface area contributed by atoms with Crippen molar-refractivity contribution in [1.29, 1.82) is 0 Å². The normalized spacial score (nSPS) is 9.94. The van der Waals surface area contributed by atoms with Crippen LogP contribution < -0.4 is 9.47 Å². The van der Waals surface area contributed by atoms with Crippen molar-refractivity contribution in [2.24, 2.45) is 0 Å². The lowest BCUT2D eigenvalue weighted by molar-refractivity contribution is -0.128. The molecule has 0 radical (unpaired) electrons. The number of methoxy groups -OCH3 is 1. The fraction of sp³-hybridized carbons (Fsp3) is 0.462. The van der Waals surface area contributed by atoms with Crippen LogP contribution in [-0.4, -0.2) is 43.5 Å². The number of amides is 1. The quantitative estimate of drug-likeness (QED) is 0.714. The highest BCUT2D eigenvalue weighted by atomic mass is 35.5. The molecule has 0 N–H and O–H groups in total. The fourth-order valence-corrected chi connectivity index (χ4v) is 1.72. The molecule has 4 nitrogen and oxygen atoms in total. The largest absolute Gasteiger partial charge is 0.493 e. The number of halogens is 1. The molecule has 100 valence electrons. The molecule has 0 aliphatic rings. The van der Waals surface area contributed by atoms with Crippen molar-refractivity contribution in [3.05, 3.63) is 24.3 Å². The van der Waals surface area contributed by atoms with Gasteiger partial charge in [-0.3, -0.25) is 4.79 Å². The summed E-state index contributed by atoms with van der Waals surface area (Å²) in [6.45, 7) is 3.46. The molecule has 0 atom stereocenters. The molecule has 5 heteroatoms. The Labute approximate surface area is 112 Å². The summed E-state index contributed by atoms with van der Waals surface area (Å²) >= 11 is 5.52. The molecular weight excluding hydrogens is 254 g/mol. The molecule has 1 rings (SSSR count). The SMILES string of the molecule is CCN(CCOc1ccccc1OC)C(=O)CCl. The van der Waals surface area contributed by atoms with Crippen LogP contribution in [0.25, 0.3) is 0 Å². The van der Waals surface area contributed by atoms with Crippen LogP contribution >= 0.6 is 11.6 Å². The van der Waals surface area contributed by atoms with E-state index in [-0.39, 0.29) is 11.8 Å². The van der Waals surface area contributed by atoms with Crippen molar-refractivity contribution < 1.29 is 14.3 Å². The Morgan fingerprint density at radius 1 is 1.33 bits per heavy atom. The van der Waals surface area contributed by atoms with Crippen molar-refractivity contribution in [3.63, 3.8) is 0 Å². The van der Waals surface area contributed by atoms with Crippen molar-refractivity contribution in [1.82, 2.24) is 4.90 Å². The van der Waals surface area contributed by atoms with Gasteiger partial charge in [0, 0.05) is 6.54 Å². The number of alkyl halides is 1. The van der Waals surface area contributed by atoms with Gasteiger partial charge in [-0.05, 0) is 19.1 Å². The highest BCUT2D eigenvalue weighted by molar-refractivity contribution is 6.27. The van der Waals surface area contributed by atoms with Gasteiger partial charge >= 0.3 is 0 Å². The van der Waals surface area contributed by atoms with Gasteiger partial charge < -0.3 is 14.4 Å². The monoisotopic (exact) mass is 271 g/mol. The van der Waals surface area contributed by atoms with E-state index in [0.717, 1.165) is 0 Å². The second kappa shape index (κ2) is 7.82. The Morgan fingerprint density at radius 3 is 2.56 bits per heavy atom. The third-order valence-electron chi connectivity index (χ3n) is 2.54. The summed E-state index contributed by atoms with van der Waals surface area (Å²) in [6, 6.07) is 7.41. The second-order valence-corrected chi connectivity index (χ2v) is 3.87. The number of benzene rings is 1. The summed E-state index contributed by atoms with van der Waals surface area (Å²) in [4.78, 5) is 13.1. The first-order valence-electron chi connectivity index (χ1n) is 5.82. The number of ether oxygens (including phenoxy) is 2. The Balaban J connectivity index is 2.47. The van der Waals surface area contributed by atoms with Gasteiger partial charge in [-0.2, -0.15) is 0 Å². The van der Waals surface area contributed by atoms with Crippen molar-refractivity contribution in [2.45, 2.75) is 6.92 Å². The van der Waals surface area contributed by atoms with Crippen LogP contribution in [0.1, 0.15) is 6.92 Å². The number of carbonyl (C=O) groups excluding carboxylic acids is 1. The van der Waals surface area contributed by atoms with E-state index in [9.17, 15) is 4.79 Å². The molecule has 0 spiro atoms. The van der Waals surface area contributed by atoms with E-state index < -0.39 is 0 Å². The average Bonchev–Trinajstić information content (AvgIpc) is 2.43. The van der Waals surface area contributed by atoms with Crippen LogP contribution in [0.3, 0.4) is 0 Å². The summed E-state index contributed by atoms with van der Waals surface area (Å²) in [6.07, 6.45) is 0. The highest BCUT2D eigenvalue weighted by Gasteiger charge is 2.10. The number of carbonyl (C=O) groups is 1. The van der Waals surface area contributed by atoms with Crippen LogP contribution in [0.15, 0.2) is 24.3 Å². The van der Waals surface area contributed by atoms with Crippen LogP contribution in [0, 0.1) is 0 Å². The second-order valence-electron chi connectivity index (χ2n) is 3.61. The Morgan fingerprint density at radius 2 is 2.00 bits per heavy atom. The van der Waals surface area contributed by atoms with Crippen molar-refractivity contribution >= 4 is 17.5 Å². The molecule has 0 fully saturated rings. The molecule has 18 heavy (non-hydrogen) atoms. The summed E-state index contributed by atoms with van der Waals surface area (Å²) in [7, 11) is 1.59. The lowest BCUT2D eigenvalue weighted by Crippen LogP contribution is -2.35. The van der Waals surface area contributed by atoms with E-state index in [1.165, 1.54) is 0 Å². The topological polar surface area (TPSA) is 38.8 Å². The third kappa shape index (κ3) is 4.11. The van der Waals surface area contributed by atoms with Gasteiger partial charge in [0.1, 0.15) is 12.5 Å². The minimum absolute atomic E-state index is 0.00248. The predicted octanol–water partition coefficient (Wildman–Crippen LogP) is 2.16. The number of rotatable bonds is 7. The van der Waals surface area contributed by atoms with Crippen molar-refractivity contribution in [2.75, 3.05) is 32.7 Å². The molecule has 1 aromatic carbocycles. The first kappa shape index (κ1) is 14.6. The first-order chi connectivity index (χ1) is 8.72. The standard InChI is InChI=1S/C13H18ClNO3/c1-3-15(13(16)10-14)8-9-18-12-7-5-4-6-11(12)17-2/h4-7H,3,8-10H2,1-2H3. The summed E-state index contributed by atoms with van der Waals surface area (Å²) in [5.74, 6) is 1.28. The fourth-order valence-electron chi connectivity index (χ4n) is 1.55. The predicted molar refractivity (Wildman–Crippen MR) is 71.5 cm³/mol. The molecule has 0 aliphatic carbocycles. The smallest absolute Gasteiger partial charge is 0.237 e. The zero-order valence-corrected chi connectivity index (χ0v) is 11.4. The molecule has 0 unspecified atom stereocenters. The maximum atomic E-state index is 11.4. The molecule has 1 aromatic rings. The third-order valence-corrected chi connectivity index (χ3v) is 2.77. The molecule has 0 aromatic heterocycles. The molecule has 0 bridgehead atoms. The Hall–Kier alpha value is -1.42. The van der Waals surface area contributed by atoms with Gasteiger partial charge in [0.15, 0.2) is 11.5 Å². The first-order valence-corrected chi connectivity index (χ1v) is 6.36. The van der Waals surface area contributed by atoms with E-state index in [1.54, 1.807) is 12.0 Å². The van der Waals surface area contributed by atoms with E-state index in [4.69, 9.17) is 21.1 Å². The van der Waals surface area contributed by atoms with E-state index in [1.807, 2.05) is 31.2 Å². The van der Waals surface area contributed by atoms with Crippen molar-refractivity contribution in [3.8, 4) is 11.5 Å². The summed E-state index contributed by atoms with van der Waals surface area (Å²) in [5, 5.41) is 0. The number of hydrogen-bond donors (Lipinski definition) is 0. The van der Waals surface area contributed by atoms with E-state index >= 15 is 0 Å². The minimum Gasteiger partial charge on any atom is -0.493 e. The minimum atomic E-state index is -0.0807. The van der Waals surface area contributed by atoms with Crippen LogP contribution in [0.5, 0.6) is 11.5 Å². The van der Waals surface area contributed by atoms with Gasteiger partial charge in [-0.15, -0.1) is 11.6 Å². The molecule has 0 heterocycles. The maximum Gasteiger partial charge on any atom is 0.237 e. The van der Waals surface area contributed by atoms with Gasteiger partial charge in [-0.25, -0.2) is 0 Å². The van der Waals surface area contributed by atoms with Crippen LogP contribution in [0.4, 0.5) is 0 Å². The van der Waals surface area contributed by atoms with Crippen LogP contribution in [0.2, 0.25) is 0 Å². The summed E-state index contributed by atoms with van der Waals surface area (Å²) in [5.41, 5.74) is 0. The zero-order chi connectivity index (χ0) is 13.4. The van der Waals surface area contributed by atoms with Gasteiger partial charge in [0.2, 0.25) is 5.91 Å². The number of likely N-dealkylation sites (N-methyl/N-ethyl adjacent to an activating group) is 1. The highest BCUT2D eigenvalue weighted by Crippen LogP contribution is 2.25. The van der Waals surface area contributed by atoms with Gasteiger partial charge in [0.05, 0.1) is 13.7 Å². The molecule has 1 amide bonds. The van der Waals surface area contributed by atoms with Crippen LogP contribution in [-0.2, 0) is 4.79 Å². The average molecular weight is 272 g/mol. The maximum absolute atomic E-state index is 11.4. The molecule has 0 saturated heterocycles. The number of hydrogen-bond acceptors (Lipinski definition) is 3. The Bertz CT molecular complexity index is 384. The zero-order valence-electron chi connectivity index (χ0n) is 10.7. The van der Waals surface area contributed by atoms with E-state index in [0.29, 0.717) is 31.2 Å².